The van der Waals surface area contributed by atoms with Gasteiger partial charge in [0.2, 0.25) is 0 Å². The summed E-state index contributed by atoms with van der Waals surface area (Å²) in [4.78, 5) is 9.56. The molecule has 2 aliphatic heterocycles. The molecular formula is C26H32N4O2. The molecule has 0 spiro atoms. The Morgan fingerprint density at radius 2 is 1.88 bits per heavy atom. The van der Waals surface area contributed by atoms with Crippen molar-refractivity contribution in [1.29, 1.82) is 0 Å². The number of methoxy groups -OCH3 is 2. The molecule has 1 aromatic carbocycles. The highest BCUT2D eigenvalue weighted by Gasteiger charge is 2.29. The van der Waals surface area contributed by atoms with Crippen LogP contribution in [0.25, 0.3) is 5.69 Å². The largest absolute Gasteiger partial charge is 0.493 e. The van der Waals surface area contributed by atoms with Gasteiger partial charge < -0.3 is 14.0 Å². The van der Waals surface area contributed by atoms with Crippen LogP contribution in [-0.4, -0.2) is 59.2 Å². The summed E-state index contributed by atoms with van der Waals surface area (Å²) in [5.74, 6) is 1.66. The van der Waals surface area contributed by atoms with Crippen LogP contribution in [0.4, 0.5) is 0 Å². The SMILES string of the molecule is COc1cc2c(cc1OC)CN(C1CCCN(Cc3cccn3-c3cccnc3)C1)CC2. The number of aromatic nitrogens is 2. The maximum Gasteiger partial charge on any atom is 0.161 e. The number of rotatable bonds is 6. The van der Waals surface area contributed by atoms with E-state index < -0.39 is 0 Å². The molecule has 2 aliphatic rings. The molecule has 0 N–H and O–H groups in total. The first-order valence-electron chi connectivity index (χ1n) is 11.5. The molecule has 4 heterocycles. The van der Waals surface area contributed by atoms with E-state index in [4.69, 9.17) is 9.47 Å². The van der Waals surface area contributed by atoms with Crippen LogP contribution >= 0.6 is 0 Å². The summed E-state index contributed by atoms with van der Waals surface area (Å²) in [6.07, 6.45) is 9.46. The van der Waals surface area contributed by atoms with Crippen molar-refractivity contribution in [1.82, 2.24) is 19.4 Å². The minimum atomic E-state index is 0.590. The van der Waals surface area contributed by atoms with Gasteiger partial charge in [0, 0.05) is 50.3 Å². The van der Waals surface area contributed by atoms with Crippen molar-refractivity contribution >= 4 is 0 Å². The average Bonchev–Trinajstić information content (AvgIpc) is 3.31. The normalized spacial score (nSPS) is 19.5. The van der Waals surface area contributed by atoms with E-state index in [1.54, 1.807) is 14.2 Å². The van der Waals surface area contributed by atoms with Gasteiger partial charge in [0.15, 0.2) is 11.5 Å². The zero-order valence-corrected chi connectivity index (χ0v) is 19.0. The highest BCUT2D eigenvalue weighted by Crippen LogP contribution is 2.34. The molecule has 0 amide bonds. The first-order valence-corrected chi connectivity index (χ1v) is 11.5. The number of nitrogens with zero attached hydrogens (tertiary/aromatic N) is 4. The van der Waals surface area contributed by atoms with E-state index in [0.29, 0.717) is 6.04 Å². The van der Waals surface area contributed by atoms with Crippen molar-refractivity contribution in [3.05, 3.63) is 71.8 Å². The predicted octanol–water partition coefficient (Wildman–Crippen LogP) is 3.91. The van der Waals surface area contributed by atoms with Gasteiger partial charge in [0.1, 0.15) is 0 Å². The lowest BCUT2D eigenvalue weighted by molar-refractivity contribution is 0.0828. The molecule has 32 heavy (non-hydrogen) atoms. The third-order valence-corrected chi connectivity index (χ3v) is 6.89. The molecule has 5 rings (SSSR count). The molecule has 1 fully saturated rings. The van der Waals surface area contributed by atoms with Gasteiger partial charge in [-0.15, -0.1) is 0 Å². The van der Waals surface area contributed by atoms with E-state index in [1.807, 2.05) is 18.5 Å². The van der Waals surface area contributed by atoms with Gasteiger partial charge in [-0.25, -0.2) is 0 Å². The molecular weight excluding hydrogens is 400 g/mol. The Balaban J connectivity index is 1.27. The lowest BCUT2D eigenvalue weighted by Crippen LogP contribution is -2.49. The minimum absolute atomic E-state index is 0.590. The Labute approximate surface area is 190 Å². The summed E-state index contributed by atoms with van der Waals surface area (Å²) < 4.78 is 13.3. The summed E-state index contributed by atoms with van der Waals surface area (Å²) in [6.45, 7) is 5.33. The van der Waals surface area contributed by atoms with Gasteiger partial charge in [-0.2, -0.15) is 0 Å². The third kappa shape index (κ3) is 4.25. The van der Waals surface area contributed by atoms with Crippen molar-refractivity contribution in [3.8, 4) is 17.2 Å². The van der Waals surface area contributed by atoms with E-state index in [9.17, 15) is 0 Å². The molecule has 0 saturated carbocycles. The number of fused-ring (bicyclic) bond motifs is 1. The fourth-order valence-corrected chi connectivity index (χ4v) is 5.21. The summed E-state index contributed by atoms with van der Waals surface area (Å²) >= 11 is 0. The smallest absolute Gasteiger partial charge is 0.161 e. The van der Waals surface area contributed by atoms with Crippen molar-refractivity contribution in [3.63, 3.8) is 0 Å². The molecule has 2 aromatic heterocycles. The Morgan fingerprint density at radius 1 is 1.03 bits per heavy atom. The Kier molecular flexibility index (Phi) is 6.14. The fourth-order valence-electron chi connectivity index (χ4n) is 5.21. The van der Waals surface area contributed by atoms with Crippen molar-refractivity contribution in [2.75, 3.05) is 33.9 Å². The molecule has 0 aliphatic carbocycles. The Hall–Kier alpha value is -2.83. The molecule has 6 heteroatoms. The predicted molar refractivity (Wildman–Crippen MR) is 126 cm³/mol. The van der Waals surface area contributed by atoms with Gasteiger partial charge in [0.05, 0.1) is 26.1 Å². The maximum absolute atomic E-state index is 5.55. The fraction of sp³-hybridized carbons (Fsp3) is 0.423. The second kappa shape index (κ2) is 9.35. The highest BCUT2D eigenvalue weighted by molar-refractivity contribution is 5.48. The molecule has 6 nitrogen and oxygen atoms in total. The van der Waals surface area contributed by atoms with E-state index in [0.717, 1.165) is 56.3 Å². The zero-order chi connectivity index (χ0) is 21.9. The van der Waals surface area contributed by atoms with Crippen molar-refractivity contribution < 1.29 is 9.47 Å². The van der Waals surface area contributed by atoms with Crippen molar-refractivity contribution in [2.45, 2.75) is 38.4 Å². The number of pyridine rings is 1. The van der Waals surface area contributed by atoms with Crippen molar-refractivity contribution in [2.24, 2.45) is 0 Å². The molecule has 1 unspecified atom stereocenters. The molecule has 3 aromatic rings. The number of hydrogen-bond acceptors (Lipinski definition) is 5. The number of benzene rings is 1. The standard InChI is InChI=1S/C26H32N4O2/c1-31-25-14-20-9-13-29(17-21(20)15-26(25)32-2)23-7-4-11-28(18-23)19-24-8-5-12-30(24)22-6-3-10-27-16-22/h3,5-6,8,10,12,14-16,23H,4,7,9,11,13,17-19H2,1-2H3. The van der Waals surface area contributed by atoms with E-state index in [2.05, 4.69) is 55.9 Å². The van der Waals surface area contributed by atoms with Crippen LogP contribution in [0.3, 0.4) is 0 Å². The number of hydrogen-bond donors (Lipinski definition) is 0. The van der Waals surface area contributed by atoms with Crippen LogP contribution < -0.4 is 9.47 Å². The number of ether oxygens (including phenoxy) is 2. The van der Waals surface area contributed by atoms with Gasteiger partial charge >= 0.3 is 0 Å². The maximum atomic E-state index is 5.55. The molecule has 0 radical (unpaired) electrons. The third-order valence-electron chi connectivity index (χ3n) is 6.89. The van der Waals surface area contributed by atoms with Crippen LogP contribution in [0.15, 0.2) is 55.0 Å². The molecule has 168 valence electrons. The number of likely N-dealkylation sites (tertiary alicyclic amines) is 1. The molecule has 1 atom stereocenters. The van der Waals surface area contributed by atoms with E-state index in [1.165, 1.54) is 29.7 Å². The van der Waals surface area contributed by atoms with Crippen LogP contribution in [0.1, 0.15) is 29.7 Å². The summed E-state index contributed by atoms with van der Waals surface area (Å²) in [5.41, 5.74) is 5.20. The molecule has 0 bridgehead atoms. The number of piperidine rings is 1. The van der Waals surface area contributed by atoms with Gasteiger partial charge in [0.25, 0.3) is 0 Å². The van der Waals surface area contributed by atoms with Gasteiger partial charge in [-0.1, -0.05) is 0 Å². The van der Waals surface area contributed by atoms with Gasteiger partial charge in [-0.05, 0) is 73.3 Å². The van der Waals surface area contributed by atoms with E-state index in [-0.39, 0.29) is 0 Å². The summed E-state index contributed by atoms with van der Waals surface area (Å²) in [5, 5.41) is 0. The Bertz CT molecular complexity index is 1050. The monoisotopic (exact) mass is 432 g/mol. The van der Waals surface area contributed by atoms with Gasteiger partial charge in [-0.3, -0.25) is 14.8 Å². The summed E-state index contributed by atoms with van der Waals surface area (Å²) in [7, 11) is 3.42. The minimum Gasteiger partial charge on any atom is -0.493 e. The highest BCUT2D eigenvalue weighted by atomic mass is 16.5. The Morgan fingerprint density at radius 3 is 2.66 bits per heavy atom. The average molecular weight is 433 g/mol. The zero-order valence-electron chi connectivity index (χ0n) is 19.0. The lowest BCUT2D eigenvalue weighted by Gasteiger charge is -2.41. The van der Waals surface area contributed by atoms with Crippen LogP contribution in [0, 0.1) is 0 Å². The topological polar surface area (TPSA) is 42.8 Å². The van der Waals surface area contributed by atoms with Crippen LogP contribution in [0.2, 0.25) is 0 Å². The second-order valence-corrected chi connectivity index (χ2v) is 8.81. The van der Waals surface area contributed by atoms with Crippen LogP contribution in [-0.2, 0) is 19.5 Å². The quantitative estimate of drug-likeness (QED) is 0.591. The molecule has 1 saturated heterocycles. The lowest BCUT2D eigenvalue weighted by atomic mass is 9.95. The van der Waals surface area contributed by atoms with Crippen LogP contribution in [0.5, 0.6) is 11.5 Å². The first-order chi connectivity index (χ1) is 15.7. The second-order valence-electron chi connectivity index (χ2n) is 8.81. The summed E-state index contributed by atoms with van der Waals surface area (Å²) in [6, 6.07) is 13.4. The van der Waals surface area contributed by atoms with E-state index >= 15 is 0 Å². The first kappa shape index (κ1) is 21.0.